The van der Waals surface area contributed by atoms with Gasteiger partial charge < -0.3 is 4.90 Å². The maximum atomic E-state index is 13.0. The lowest BCUT2D eigenvalue weighted by molar-refractivity contribution is -0.133. The van der Waals surface area contributed by atoms with Crippen molar-refractivity contribution in [1.29, 1.82) is 0 Å². The normalized spacial score (nSPS) is 16.3. The fraction of sp³-hybridized carbons (Fsp3) is 0.286. The molecule has 4 rings (SSSR count). The van der Waals surface area contributed by atoms with E-state index in [4.69, 9.17) is 0 Å². The highest BCUT2D eigenvalue weighted by molar-refractivity contribution is 5.80. The number of rotatable bonds is 3. The van der Waals surface area contributed by atoms with Crippen LogP contribution >= 0.6 is 0 Å². The quantitative estimate of drug-likeness (QED) is 0.732. The second kappa shape index (κ2) is 6.75. The third-order valence-electron chi connectivity index (χ3n) is 5.24. The Kier molecular flexibility index (Phi) is 4.29. The van der Waals surface area contributed by atoms with Crippen molar-refractivity contribution in [3.8, 4) is 0 Å². The number of carbonyl (C=O) groups is 1. The van der Waals surface area contributed by atoms with E-state index in [2.05, 4.69) is 17.1 Å². The first-order valence-electron chi connectivity index (χ1n) is 8.93. The van der Waals surface area contributed by atoms with Crippen molar-refractivity contribution < 1.29 is 4.79 Å². The van der Waals surface area contributed by atoms with E-state index in [1.54, 1.807) is 4.90 Å². The van der Waals surface area contributed by atoms with Crippen LogP contribution in [0.15, 0.2) is 59.5 Å². The largest absolute Gasteiger partial charge is 0.337 e. The zero-order valence-corrected chi connectivity index (χ0v) is 14.8. The predicted molar refractivity (Wildman–Crippen MR) is 101 cm³/mol. The Morgan fingerprint density at radius 2 is 1.96 bits per heavy atom. The van der Waals surface area contributed by atoms with Gasteiger partial charge in [-0.15, -0.1) is 0 Å². The first-order valence-corrected chi connectivity index (χ1v) is 8.93. The molecule has 0 fully saturated rings. The SMILES string of the molecule is CN(C(=O)Cn1c(=O)cnc2ccccc21)[C@H]1CCCc2ccccc21. The fourth-order valence-corrected chi connectivity index (χ4v) is 3.83. The van der Waals surface area contributed by atoms with E-state index in [0.29, 0.717) is 11.0 Å². The van der Waals surface area contributed by atoms with Crippen LogP contribution in [0.3, 0.4) is 0 Å². The van der Waals surface area contributed by atoms with Crippen LogP contribution in [0.5, 0.6) is 0 Å². The monoisotopic (exact) mass is 347 g/mol. The highest BCUT2D eigenvalue weighted by atomic mass is 16.2. The van der Waals surface area contributed by atoms with Crippen molar-refractivity contribution in [3.63, 3.8) is 0 Å². The fourth-order valence-electron chi connectivity index (χ4n) is 3.83. The molecule has 1 aliphatic carbocycles. The molecule has 0 saturated carbocycles. The molecular weight excluding hydrogens is 326 g/mol. The van der Waals surface area contributed by atoms with Gasteiger partial charge in [-0.3, -0.25) is 14.2 Å². The Morgan fingerprint density at radius 3 is 2.85 bits per heavy atom. The van der Waals surface area contributed by atoms with E-state index in [1.807, 2.05) is 43.4 Å². The summed E-state index contributed by atoms with van der Waals surface area (Å²) < 4.78 is 1.51. The van der Waals surface area contributed by atoms with Crippen LogP contribution in [0.25, 0.3) is 11.0 Å². The van der Waals surface area contributed by atoms with E-state index in [0.717, 1.165) is 19.3 Å². The first kappa shape index (κ1) is 16.5. The number of hydrogen-bond acceptors (Lipinski definition) is 3. The second-order valence-electron chi connectivity index (χ2n) is 6.78. The third kappa shape index (κ3) is 2.90. The van der Waals surface area contributed by atoms with Gasteiger partial charge in [-0.1, -0.05) is 36.4 Å². The van der Waals surface area contributed by atoms with Crippen molar-refractivity contribution >= 4 is 16.9 Å². The summed E-state index contributed by atoms with van der Waals surface area (Å²) in [7, 11) is 1.84. The van der Waals surface area contributed by atoms with Crippen LogP contribution in [-0.2, 0) is 17.8 Å². The Bertz CT molecular complexity index is 1020. The van der Waals surface area contributed by atoms with Crippen molar-refractivity contribution in [2.75, 3.05) is 7.05 Å². The molecule has 5 heteroatoms. The lowest BCUT2D eigenvalue weighted by atomic mass is 9.87. The molecule has 1 amide bonds. The Balaban J connectivity index is 1.64. The van der Waals surface area contributed by atoms with Crippen molar-refractivity contribution in [2.45, 2.75) is 31.8 Å². The van der Waals surface area contributed by atoms with Crippen LogP contribution < -0.4 is 5.56 Å². The number of aromatic nitrogens is 2. The Morgan fingerprint density at radius 1 is 1.19 bits per heavy atom. The van der Waals surface area contributed by atoms with Crippen LogP contribution in [0.2, 0.25) is 0 Å². The van der Waals surface area contributed by atoms with Crippen molar-refractivity contribution in [2.24, 2.45) is 0 Å². The third-order valence-corrected chi connectivity index (χ3v) is 5.24. The zero-order chi connectivity index (χ0) is 18.1. The van der Waals surface area contributed by atoms with Gasteiger partial charge in [-0.25, -0.2) is 4.98 Å². The number of aryl methyl sites for hydroxylation is 1. The number of para-hydroxylation sites is 2. The van der Waals surface area contributed by atoms with Gasteiger partial charge in [0, 0.05) is 7.05 Å². The summed E-state index contributed by atoms with van der Waals surface area (Å²) in [6.07, 6.45) is 4.36. The lowest BCUT2D eigenvalue weighted by Crippen LogP contribution is -2.37. The summed E-state index contributed by atoms with van der Waals surface area (Å²) >= 11 is 0. The average Bonchev–Trinajstić information content (AvgIpc) is 2.69. The summed E-state index contributed by atoms with van der Waals surface area (Å²) in [6.45, 7) is 0.0248. The van der Waals surface area contributed by atoms with Crippen LogP contribution in [-0.4, -0.2) is 27.4 Å². The number of likely N-dealkylation sites (N-methyl/N-ethyl adjacent to an activating group) is 1. The Labute approximate surface area is 151 Å². The number of nitrogens with zero attached hydrogens (tertiary/aromatic N) is 3. The predicted octanol–water partition coefficient (Wildman–Crippen LogP) is 2.93. The van der Waals surface area contributed by atoms with Crippen LogP contribution in [0, 0.1) is 0 Å². The molecule has 1 aromatic heterocycles. The molecular formula is C21H21N3O2. The Hall–Kier alpha value is -2.95. The molecule has 0 radical (unpaired) electrons. The van der Waals surface area contributed by atoms with E-state index in [9.17, 15) is 9.59 Å². The molecule has 3 aromatic rings. The van der Waals surface area contributed by atoms with Crippen molar-refractivity contribution in [3.05, 3.63) is 76.2 Å². The number of hydrogen-bond donors (Lipinski definition) is 0. The van der Waals surface area contributed by atoms with Gasteiger partial charge in [0.15, 0.2) is 0 Å². The van der Waals surface area contributed by atoms with E-state index in [1.165, 1.54) is 21.9 Å². The number of benzene rings is 2. The van der Waals surface area contributed by atoms with Gasteiger partial charge in [-0.2, -0.15) is 0 Å². The standard InChI is InChI=1S/C21H21N3O2/c1-23(18-12-6-8-15-7-2-3-9-16(15)18)21(26)14-24-19-11-5-4-10-17(19)22-13-20(24)25/h2-5,7,9-11,13,18H,6,8,12,14H2,1H3/t18-/m0/s1. The number of fused-ring (bicyclic) bond motifs is 2. The molecule has 1 heterocycles. The smallest absolute Gasteiger partial charge is 0.269 e. The highest BCUT2D eigenvalue weighted by Gasteiger charge is 2.26. The summed E-state index contributed by atoms with van der Waals surface area (Å²) in [6, 6.07) is 15.8. The molecule has 5 nitrogen and oxygen atoms in total. The molecule has 132 valence electrons. The van der Waals surface area contributed by atoms with E-state index in [-0.39, 0.29) is 24.1 Å². The van der Waals surface area contributed by atoms with Gasteiger partial charge in [-0.05, 0) is 42.5 Å². The van der Waals surface area contributed by atoms with Gasteiger partial charge in [0.05, 0.1) is 23.3 Å². The number of carbonyl (C=O) groups excluding carboxylic acids is 1. The van der Waals surface area contributed by atoms with E-state index < -0.39 is 0 Å². The maximum absolute atomic E-state index is 13.0. The maximum Gasteiger partial charge on any atom is 0.269 e. The molecule has 2 aromatic carbocycles. The average molecular weight is 347 g/mol. The van der Waals surface area contributed by atoms with Gasteiger partial charge in [0.25, 0.3) is 5.56 Å². The molecule has 1 aliphatic rings. The second-order valence-corrected chi connectivity index (χ2v) is 6.78. The zero-order valence-electron chi connectivity index (χ0n) is 14.8. The molecule has 0 N–H and O–H groups in total. The van der Waals surface area contributed by atoms with E-state index >= 15 is 0 Å². The summed E-state index contributed by atoms with van der Waals surface area (Å²) in [5.74, 6) is -0.0647. The molecule has 0 bridgehead atoms. The first-order chi connectivity index (χ1) is 12.6. The van der Waals surface area contributed by atoms with Gasteiger partial charge in [0.1, 0.15) is 6.54 Å². The molecule has 0 aliphatic heterocycles. The van der Waals surface area contributed by atoms with Crippen LogP contribution in [0.1, 0.15) is 30.0 Å². The minimum atomic E-state index is -0.255. The van der Waals surface area contributed by atoms with Crippen LogP contribution in [0.4, 0.5) is 0 Å². The molecule has 0 unspecified atom stereocenters. The molecule has 26 heavy (non-hydrogen) atoms. The molecule has 1 atom stereocenters. The van der Waals surface area contributed by atoms with Gasteiger partial charge in [0.2, 0.25) is 5.91 Å². The topological polar surface area (TPSA) is 55.2 Å². The summed E-state index contributed by atoms with van der Waals surface area (Å²) in [4.78, 5) is 31.2. The van der Waals surface area contributed by atoms with Crippen molar-refractivity contribution in [1.82, 2.24) is 14.5 Å². The summed E-state index contributed by atoms with van der Waals surface area (Å²) in [5, 5.41) is 0. The van der Waals surface area contributed by atoms with Gasteiger partial charge >= 0.3 is 0 Å². The molecule has 0 saturated heterocycles. The molecule has 0 spiro atoms. The number of amides is 1. The highest BCUT2D eigenvalue weighted by Crippen LogP contribution is 2.33. The lowest BCUT2D eigenvalue weighted by Gasteiger charge is -2.33. The summed E-state index contributed by atoms with van der Waals surface area (Å²) in [5.41, 5.74) is 3.68. The minimum Gasteiger partial charge on any atom is -0.337 e. The minimum absolute atomic E-state index is 0.0248.